The van der Waals surface area contributed by atoms with Gasteiger partial charge < -0.3 is 4.90 Å². The first-order valence-electron chi connectivity index (χ1n) is 7.66. The van der Waals surface area contributed by atoms with Crippen molar-refractivity contribution in [2.75, 3.05) is 31.1 Å². The van der Waals surface area contributed by atoms with Gasteiger partial charge in [0.15, 0.2) is 5.69 Å². The molecule has 1 aliphatic heterocycles. The molecule has 2 heterocycles. The number of non-ortho nitro benzene ring substituents is 1. The van der Waals surface area contributed by atoms with E-state index in [4.69, 9.17) is 0 Å². The van der Waals surface area contributed by atoms with Gasteiger partial charge in [0.1, 0.15) is 0 Å². The number of benzene rings is 1. The number of piperazine rings is 1. The van der Waals surface area contributed by atoms with Crippen LogP contribution in [0.25, 0.3) is 0 Å². The van der Waals surface area contributed by atoms with Crippen LogP contribution >= 0.6 is 0 Å². The van der Waals surface area contributed by atoms with Crippen molar-refractivity contribution in [2.45, 2.75) is 0 Å². The Labute approximate surface area is 147 Å². The summed E-state index contributed by atoms with van der Waals surface area (Å²) in [6.45, 7) is 2.35. The smallest absolute Gasteiger partial charge is 0.303 e. The summed E-state index contributed by atoms with van der Waals surface area (Å²) in [6.07, 6.45) is 3.34. The maximum atomic E-state index is 11.1. The number of hydrogen-bond donors (Lipinski definition) is 0. The number of nitro benzene ring substituents is 2. The van der Waals surface area contributed by atoms with Crippen molar-refractivity contribution >= 4 is 23.0 Å². The molecule has 0 bridgehead atoms. The molecule has 0 N–H and O–H groups in total. The standard InChI is InChI=1S/C14H14N8O4/c23-21(24)11-2-3-12(13(10-11)22(25)26)17-18-20-8-6-19(7-9-20)14-15-4-1-5-16-14/h1-5,10H,6-9H2. The fourth-order valence-corrected chi connectivity index (χ4v) is 2.41. The molecule has 26 heavy (non-hydrogen) atoms. The molecule has 3 rings (SSSR count). The molecule has 0 aliphatic carbocycles. The first-order valence-corrected chi connectivity index (χ1v) is 7.66. The van der Waals surface area contributed by atoms with Gasteiger partial charge in [0, 0.05) is 31.5 Å². The van der Waals surface area contributed by atoms with E-state index >= 15 is 0 Å². The Morgan fingerprint density at radius 1 is 1.00 bits per heavy atom. The van der Waals surface area contributed by atoms with Crippen molar-refractivity contribution in [3.05, 3.63) is 56.9 Å². The van der Waals surface area contributed by atoms with Crippen LogP contribution < -0.4 is 4.90 Å². The minimum Gasteiger partial charge on any atom is -0.337 e. The molecule has 1 saturated heterocycles. The normalized spacial score (nSPS) is 14.6. The first-order chi connectivity index (χ1) is 12.5. The van der Waals surface area contributed by atoms with Gasteiger partial charge in [-0.2, -0.15) is 0 Å². The molecular weight excluding hydrogens is 344 g/mol. The molecule has 134 valence electrons. The third-order valence-electron chi connectivity index (χ3n) is 3.74. The largest absolute Gasteiger partial charge is 0.337 e. The zero-order valence-corrected chi connectivity index (χ0v) is 13.5. The van der Waals surface area contributed by atoms with Gasteiger partial charge in [0.2, 0.25) is 5.95 Å². The number of nitro groups is 2. The minimum absolute atomic E-state index is 0.0329. The van der Waals surface area contributed by atoms with Crippen molar-refractivity contribution in [2.24, 2.45) is 10.3 Å². The molecule has 0 saturated carbocycles. The van der Waals surface area contributed by atoms with Gasteiger partial charge in [0.25, 0.3) is 5.69 Å². The second-order valence-corrected chi connectivity index (χ2v) is 5.37. The van der Waals surface area contributed by atoms with Crippen LogP contribution in [0.5, 0.6) is 0 Å². The van der Waals surface area contributed by atoms with Gasteiger partial charge in [0.05, 0.1) is 29.0 Å². The number of hydrogen-bond acceptors (Lipinski definition) is 9. The second-order valence-electron chi connectivity index (χ2n) is 5.37. The van der Waals surface area contributed by atoms with E-state index in [1.807, 2.05) is 4.90 Å². The molecule has 0 unspecified atom stereocenters. The summed E-state index contributed by atoms with van der Waals surface area (Å²) >= 11 is 0. The van der Waals surface area contributed by atoms with Crippen LogP contribution in [0, 0.1) is 20.2 Å². The summed E-state index contributed by atoms with van der Waals surface area (Å²) < 4.78 is 0. The lowest BCUT2D eigenvalue weighted by molar-refractivity contribution is -0.393. The van der Waals surface area contributed by atoms with Crippen LogP contribution in [0.15, 0.2) is 47.0 Å². The van der Waals surface area contributed by atoms with Gasteiger partial charge >= 0.3 is 5.69 Å². The molecule has 1 fully saturated rings. The summed E-state index contributed by atoms with van der Waals surface area (Å²) in [5.41, 5.74) is -0.860. The van der Waals surface area contributed by atoms with Crippen LogP contribution in [0.2, 0.25) is 0 Å². The van der Waals surface area contributed by atoms with E-state index in [2.05, 4.69) is 20.3 Å². The predicted octanol–water partition coefficient (Wildman–Crippen LogP) is 2.11. The highest BCUT2D eigenvalue weighted by atomic mass is 16.6. The zero-order valence-electron chi connectivity index (χ0n) is 13.5. The second kappa shape index (κ2) is 7.46. The van der Waals surface area contributed by atoms with Crippen molar-refractivity contribution in [1.82, 2.24) is 15.0 Å². The maximum absolute atomic E-state index is 11.1. The molecule has 1 aromatic heterocycles. The minimum atomic E-state index is -0.716. The van der Waals surface area contributed by atoms with Crippen molar-refractivity contribution in [3.8, 4) is 0 Å². The van der Waals surface area contributed by atoms with Crippen LogP contribution in [0.4, 0.5) is 23.0 Å². The monoisotopic (exact) mass is 358 g/mol. The highest BCUT2D eigenvalue weighted by molar-refractivity contribution is 5.61. The Balaban J connectivity index is 1.67. The molecule has 0 radical (unpaired) electrons. The van der Waals surface area contributed by atoms with Crippen molar-refractivity contribution in [3.63, 3.8) is 0 Å². The van der Waals surface area contributed by atoms with E-state index in [0.29, 0.717) is 32.1 Å². The average molecular weight is 358 g/mol. The molecule has 0 spiro atoms. The third kappa shape index (κ3) is 3.85. The summed E-state index contributed by atoms with van der Waals surface area (Å²) in [5.74, 6) is 0.634. The highest BCUT2D eigenvalue weighted by Gasteiger charge is 2.21. The molecular formula is C14H14N8O4. The quantitative estimate of drug-likeness (QED) is 0.449. The molecule has 12 heteroatoms. The molecule has 1 aromatic carbocycles. The Bertz CT molecular complexity index is 836. The van der Waals surface area contributed by atoms with Crippen LogP contribution in [0.3, 0.4) is 0 Å². The lowest BCUT2D eigenvalue weighted by atomic mass is 10.2. The summed E-state index contributed by atoms with van der Waals surface area (Å²) in [6, 6.07) is 4.99. The van der Waals surface area contributed by atoms with E-state index in [0.717, 1.165) is 12.1 Å². The highest BCUT2D eigenvalue weighted by Crippen LogP contribution is 2.31. The number of rotatable bonds is 5. The van der Waals surface area contributed by atoms with E-state index in [1.165, 1.54) is 6.07 Å². The van der Waals surface area contributed by atoms with Gasteiger partial charge in [-0.1, -0.05) is 5.22 Å². The summed E-state index contributed by atoms with van der Waals surface area (Å²) in [7, 11) is 0. The van der Waals surface area contributed by atoms with E-state index in [-0.39, 0.29) is 11.4 Å². The topological polar surface area (TPSA) is 143 Å². The zero-order chi connectivity index (χ0) is 18.5. The number of nitrogens with zero attached hydrogens (tertiary/aromatic N) is 8. The molecule has 1 aliphatic rings. The van der Waals surface area contributed by atoms with Crippen LogP contribution in [-0.4, -0.2) is 51.0 Å². The molecule has 2 aromatic rings. The fraction of sp³-hybridized carbons (Fsp3) is 0.286. The van der Waals surface area contributed by atoms with Crippen LogP contribution in [0.1, 0.15) is 0 Å². The Morgan fingerprint density at radius 2 is 1.69 bits per heavy atom. The SMILES string of the molecule is O=[N+]([O-])c1ccc(N=NN2CCN(c3ncccn3)CC2)c([N+](=O)[O-])c1. The summed E-state index contributed by atoms with van der Waals surface area (Å²) in [4.78, 5) is 30.8. The van der Waals surface area contributed by atoms with Gasteiger partial charge in [-0.3, -0.25) is 25.2 Å². The predicted molar refractivity (Wildman–Crippen MR) is 90.1 cm³/mol. The molecule has 0 atom stereocenters. The number of anilines is 1. The van der Waals surface area contributed by atoms with Gasteiger partial charge in [-0.05, 0) is 12.1 Å². The van der Waals surface area contributed by atoms with Crippen molar-refractivity contribution < 1.29 is 9.85 Å². The maximum Gasteiger partial charge on any atom is 0.303 e. The van der Waals surface area contributed by atoms with E-state index in [9.17, 15) is 20.2 Å². The lowest BCUT2D eigenvalue weighted by Gasteiger charge is -2.32. The average Bonchev–Trinajstić information content (AvgIpc) is 2.67. The van der Waals surface area contributed by atoms with Crippen LogP contribution in [-0.2, 0) is 0 Å². The first kappa shape index (κ1) is 17.1. The van der Waals surface area contributed by atoms with E-state index in [1.54, 1.807) is 23.5 Å². The lowest BCUT2D eigenvalue weighted by Crippen LogP contribution is -2.44. The van der Waals surface area contributed by atoms with E-state index < -0.39 is 15.5 Å². The summed E-state index contributed by atoms with van der Waals surface area (Å²) in [5, 5.41) is 31.4. The van der Waals surface area contributed by atoms with Gasteiger partial charge in [-0.25, -0.2) is 9.97 Å². The number of aromatic nitrogens is 2. The molecule has 12 nitrogen and oxygen atoms in total. The Kier molecular flexibility index (Phi) is 4.92. The van der Waals surface area contributed by atoms with Crippen molar-refractivity contribution in [1.29, 1.82) is 0 Å². The fourth-order valence-electron chi connectivity index (χ4n) is 2.41. The Morgan fingerprint density at radius 3 is 2.31 bits per heavy atom. The van der Waals surface area contributed by atoms with Gasteiger partial charge in [-0.15, -0.1) is 5.11 Å². The molecule has 0 amide bonds. The Hall–Kier alpha value is -3.70. The third-order valence-corrected chi connectivity index (χ3v) is 3.74.